The number of rotatable bonds is 8. The van der Waals surface area contributed by atoms with Crippen molar-refractivity contribution in [2.45, 2.75) is 24.6 Å². The molecule has 1 aliphatic heterocycles. The molecule has 0 aliphatic carbocycles. The third-order valence-corrected chi connectivity index (χ3v) is 6.89. The van der Waals surface area contributed by atoms with Gasteiger partial charge in [0.1, 0.15) is 5.75 Å². The number of hydrogen-bond donors (Lipinski definition) is 1. The molecule has 8 nitrogen and oxygen atoms in total. The van der Waals surface area contributed by atoms with E-state index in [-0.39, 0.29) is 29.1 Å². The fourth-order valence-corrected chi connectivity index (χ4v) is 5.35. The van der Waals surface area contributed by atoms with E-state index in [1.165, 1.54) is 0 Å². The molecule has 1 atom stereocenters. The van der Waals surface area contributed by atoms with Crippen LogP contribution in [0.3, 0.4) is 0 Å². The molecule has 0 unspecified atom stereocenters. The quantitative estimate of drug-likeness (QED) is 0.650. The van der Waals surface area contributed by atoms with E-state index in [1.807, 2.05) is 24.3 Å². The Labute approximate surface area is 162 Å². The molecule has 2 heterocycles. The summed E-state index contributed by atoms with van der Waals surface area (Å²) in [6.45, 7) is 0.370. The van der Waals surface area contributed by atoms with Gasteiger partial charge in [0.2, 0.25) is 11.8 Å². The van der Waals surface area contributed by atoms with E-state index in [9.17, 15) is 13.2 Å². The summed E-state index contributed by atoms with van der Waals surface area (Å²) in [5.74, 6) is 1.54. The molecule has 0 bridgehead atoms. The summed E-state index contributed by atoms with van der Waals surface area (Å²) in [4.78, 5) is 12.0. The fourth-order valence-electron chi connectivity index (χ4n) is 2.88. The van der Waals surface area contributed by atoms with Gasteiger partial charge in [0.05, 0.1) is 24.4 Å². The summed E-state index contributed by atoms with van der Waals surface area (Å²) >= 11 is 1.15. The molecule has 0 saturated carbocycles. The molecule has 10 heteroatoms. The summed E-state index contributed by atoms with van der Waals surface area (Å²) in [5, 5.41) is 11.0. The topological polar surface area (TPSA) is 111 Å². The van der Waals surface area contributed by atoms with E-state index in [1.54, 1.807) is 7.11 Å². The molecule has 1 aliphatic rings. The number of hydrogen-bond acceptors (Lipinski definition) is 8. The normalized spacial score (nSPS) is 18.3. The molecule has 1 saturated heterocycles. The standard InChI is InChI=1S/C17H21N3O5S2/c1-24-14-5-3-2-4-13(14)9-18-15(21)10-26-17-20-19-16(25-17)8-12-6-7-27(22,23)11-12/h2-5,12H,6-11H2,1H3,(H,18,21)/t12-/m1/s1. The van der Waals surface area contributed by atoms with Crippen LogP contribution in [0.2, 0.25) is 0 Å². The van der Waals surface area contributed by atoms with Crippen LogP contribution in [0.15, 0.2) is 33.9 Å². The number of carbonyl (C=O) groups is 1. The van der Waals surface area contributed by atoms with Crippen molar-refractivity contribution in [3.05, 3.63) is 35.7 Å². The number of sulfone groups is 1. The van der Waals surface area contributed by atoms with Crippen molar-refractivity contribution >= 4 is 27.5 Å². The lowest BCUT2D eigenvalue weighted by Crippen LogP contribution is -2.24. The average molecular weight is 412 g/mol. The van der Waals surface area contributed by atoms with E-state index >= 15 is 0 Å². The number of nitrogens with one attached hydrogen (secondary N) is 1. The third-order valence-electron chi connectivity index (χ3n) is 4.23. The van der Waals surface area contributed by atoms with E-state index in [2.05, 4.69) is 15.5 Å². The lowest BCUT2D eigenvalue weighted by atomic mass is 10.1. The lowest BCUT2D eigenvalue weighted by Gasteiger charge is -2.08. The minimum absolute atomic E-state index is 0.0254. The largest absolute Gasteiger partial charge is 0.496 e. The van der Waals surface area contributed by atoms with Crippen LogP contribution in [0.1, 0.15) is 17.9 Å². The Kier molecular flexibility index (Phi) is 6.38. The van der Waals surface area contributed by atoms with E-state index in [0.717, 1.165) is 23.1 Å². The van der Waals surface area contributed by atoms with Crippen LogP contribution in [-0.4, -0.2) is 48.9 Å². The third kappa shape index (κ3) is 5.70. The molecule has 27 heavy (non-hydrogen) atoms. The highest BCUT2D eigenvalue weighted by Crippen LogP contribution is 2.24. The van der Waals surface area contributed by atoms with Gasteiger partial charge < -0.3 is 14.5 Å². The van der Waals surface area contributed by atoms with Gasteiger partial charge in [-0.1, -0.05) is 30.0 Å². The van der Waals surface area contributed by atoms with E-state index in [4.69, 9.17) is 9.15 Å². The minimum atomic E-state index is -2.92. The summed E-state index contributed by atoms with van der Waals surface area (Å²) in [7, 11) is -1.33. The van der Waals surface area contributed by atoms with Gasteiger partial charge in [0, 0.05) is 18.5 Å². The van der Waals surface area contributed by atoms with Crippen molar-refractivity contribution in [2.75, 3.05) is 24.4 Å². The molecular formula is C17H21N3O5S2. The first kappa shape index (κ1) is 19.7. The first-order chi connectivity index (χ1) is 12.9. The van der Waals surface area contributed by atoms with Gasteiger partial charge in [-0.15, -0.1) is 10.2 Å². The van der Waals surface area contributed by atoms with Crippen molar-refractivity contribution in [1.29, 1.82) is 0 Å². The predicted molar refractivity (Wildman–Crippen MR) is 100 cm³/mol. The first-order valence-electron chi connectivity index (χ1n) is 8.49. The number of methoxy groups -OCH3 is 1. The van der Waals surface area contributed by atoms with Crippen molar-refractivity contribution in [1.82, 2.24) is 15.5 Å². The van der Waals surface area contributed by atoms with Crippen LogP contribution < -0.4 is 10.1 Å². The van der Waals surface area contributed by atoms with Crippen molar-refractivity contribution < 1.29 is 22.4 Å². The SMILES string of the molecule is COc1ccccc1CNC(=O)CSc1nnc(C[C@H]2CCS(=O)(=O)C2)o1. The Morgan fingerprint density at radius 2 is 2.19 bits per heavy atom. The highest BCUT2D eigenvalue weighted by atomic mass is 32.2. The van der Waals surface area contributed by atoms with E-state index in [0.29, 0.717) is 30.5 Å². The Hall–Kier alpha value is -2.07. The van der Waals surface area contributed by atoms with E-state index < -0.39 is 9.84 Å². The van der Waals surface area contributed by atoms with Gasteiger partial charge in [-0.05, 0) is 18.4 Å². The van der Waals surface area contributed by atoms with Crippen LogP contribution in [0, 0.1) is 5.92 Å². The second-order valence-corrected chi connectivity index (χ2v) is 9.47. The fraction of sp³-hybridized carbons (Fsp3) is 0.471. The van der Waals surface area contributed by atoms with Crippen molar-refractivity contribution in [2.24, 2.45) is 5.92 Å². The number of nitrogens with zero attached hydrogens (tertiary/aromatic N) is 2. The highest BCUT2D eigenvalue weighted by Gasteiger charge is 2.29. The maximum Gasteiger partial charge on any atom is 0.277 e. The Balaban J connectivity index is 1.43. The van der Waals surface area contributed by atoms with Gasteiger partial charge in [-0.3, -0.25) is 4.79 Å². The van der Waals surface area contributed by atoms with Crippen LogP contribution in [0.4, 0.5) is 0 Å². The number of carbonyl (C=O) groups excluding carboxylic acids is 1. The van der Waals surface area contributed by atoms with Gasteiger partial charge in [-0.2, -0.15) is 0 Å². The maximum absolute atomic E-state index is 12.0. The molecule has 0 radical (unpaired) electrons. The minimum Gasteiger partial charge on any atom is -0.496 e. The second-order valence-electron chi connectivity index (χ2n) is 6.31. The Morgan fingerprint density at radius 1 is 1.37 bits per heavy atom. The van der Waals surface area contributed by atoms with Crippen LogP contribution in [0.25, 0.3) is 0 Å². The molecule has 3 rings (SSSR count). The number of amides is 1. The molecular weight excluding hydrogens is 390 g/mol. The first-order valence-corrected chi connectivity index (χ1v) is 11.3. The molecule has 1 amide bonds. The highest BCUT2D eigenvalue weighted by molar-refractivity contribution is 7.99. The van der Waals surface area contributed by atoms with Crippen LogP contribution in [0.5, 0.6) is 5.75 Å². The number of benzene rings is 1. The number of thioether (sulfide) groups is 1. The monoisotopic (exact) mass is 411 g/mol. The molecule has 0 spiro atoms. The molecule has 1 aromatic carbocycles. The zero-order valence-electron chi connectivity index (χ0n) is 14.9. The molecule has 1 N–H and O–H groups in total. The summed E-state index contributed by atoms with van der Waals surface area (Å²) in [5.41, 5.74) is 0.893. The smallest absolute Gasteiger partial charge is 0.277 e. The zero-order valence-corrected chi connectivity index (χ0v) is 16.5. The lowest BCUT2D eigenvalue weighted by molar-refractivity contribution is -0.118. The maximum atomic E-state index is 12.0. The molecule has 2 aromatic rings. The Morgan fingerprint density at radius 3 is 2.93 bits per heavy atom. The average Bonchev–Trinajstić information content (AvgIpc) is 3.24. The number of para-hydroxylation sites is 1. The van der Waals surface area contributed by atoms with Gasteiger partial charge in [0.25, 0.3) is 5.22 Å². The molecule has 146 valence electrons. The Bertz CT molecular complexity index is 897. The predicted octanol–water partition coefficient (Wildman–Crippen LogP) is 1.46. The van der Waals surface area contributed by atoms with Gasteiger partial charge in [0.15, 0.2) is 9.84 Å². The van der Waals surface area contributed by atoms with Crippen LogP contribution in [-0.2, 0) is 27.6 Å². The summed E-state index contributed by atoms with van der Waals surface area (Å²) in [6.07, 6.45) is 1.07. The molecule has 1 fully saturated rings. The van der Waals surface area contributed by atoms with Crippen LogP contribution >= 0.6 is 11.8 Å². The summed E-state index contributed by atoms with van der Waals surface area (Å²) < 4.78 is 33.7. The second kappa shape index (κ2) is 8.75. The van der Waals surface area contributed by atoms with Gasteiger partial charge >= 0.3 is 0 Å². The number of ether oxygens (including phenoxy) is 1. The number of aromatic nitrogens is 2. The molecule has 1 aromatic heterocycles. The summed E-state index contributed by atoms with van der Waals surface area (Å²) in [6, 6.07) is 7.48. The van der Waals surface area contributed by atoms with Crippen molar-refractivity contribution in [3.8, 4) is 5.75 Å². The van der Waals surface area contributed by atoms with Crippen molar-refractivity contribution in [3.63, 3.8) is 0 Å². The van der Waals surface area contributed by atoms with Gasteiger partial charge in [-0.25, -0.2) is 8.42 Å². The zero-order chi connectivity index (χ0) is 19.3.